The summed E-state index contributed by atoms with van der Waals surface area (Å²) in [6, 6.07) is 5.81. The first kappa shape index (κ1) is 15.9. The third-order valence-corrected chi connectivity index (χ3v) is 3.16. The van der Waals surface area contributed by atoms with Gasteiger partial charge in [-0.2, -0.15) is 13.2 Å². The minimum absolute atomic E-state index is 0.00643. The Balaban J connectivity index is 2.19. The quantitative estimate of drug-likeness (QED) is 0.691. The highest BCUT2D eigenvalue weighted by Gasteiger charge is 2.35. The van der Waals surface area contributed by atoms with Gasteiger partial charge in [0.05, 0.1) is 5.56 Å². The van der Waals surface area contributed by atoms with Gasteiger partial charge in [0.15, 0.2) is 0 Å². The highest BCUT2D eigenvalue weighted by atomic mass is 32.1. The van der Waals surface area contributed by atoms with E-state index in [4.69, 9.17) is 4.74 Å². The molecular weight excluding hydrogens is 323 g/mol. The normalized spacial score (nSPS) is 11.1. The molecule has 10 heteroatoms. The van der Waals surface area contributed by atoms with Crippen LogP contribution in [0.15, 0.2) is 24.3 Å². The van der Waals surface area contributed by atoms with Gasteiger partial charge < -0.3 is 4.74 Å². The van der Waals surface area contributed by atoms with Gasteiger partial charge >= 0.3 is 12.1 Å². The number of hydrogen-bond acceptors (Lipinski definition) is 6. The number of nitrogens with zero attached hydrogens (tertiary/aromatic N) is 2. The van der Waals surface area contributed by atoms with Gasteiger partial charge in [0, 0.05) is 6.92 Å². The predicted molar refractivity (Wildman–Crippen MR) is 70.6 cm³/mol. The van der Waals surface area contributed by atoms with Crippen LogP contribution in [0.5, 0.6) is 5.75 Å². The van der Waals surface area contributed by atoms with E-state index < -0.39 is 23.1 Å². The van der Waals surface area contributed by atoms with Crippen molar-refractivity contribution in [1.82, 2.24) is 10.2 Å². The van der Waals surface area contributed by atoms with Crippen LogP contribution in [0.4, 0.5) is 18.3 Å². The molecule has 0 saturated heterocycles. The number of hydrogen-bond donors (Lipinski definition) is 1. The number of esters is 1. The van der Waals surface area contributed by atoms with Crippen LogP contribution < -0.4 is 10.1 Å². The van der Waals surface area contributed by atoms with Crippen LogP contribution in [0, 0.1) is 0 Å². The molecule has 0 radical (unpaired) electrons. The molecule has 0 aliphatic heterocycles. The Morgan fingerprint density at radius 3 is 2.50 bits per heavy atom. The molecule has 0 saturated carbocycles. The number of para-hydroxylation sites is 1. The zero-order valence-electron chi connectivity index (χ0n) is 11.0. The van der Waals surface area contributed by atoms with E-state index in [1.54, 1.807) is 6.07 Å². The van der Waals surface area contributed by atoms with Crippen molar-refractivity contribution in [2.75, 3.05) is 5.32 Å². The first-order chi connectivity index (χ1) is 10.3. The summed E-state index contributed by atoms with van der Waals surface area (Å²) >= 11 is 0.196. The second-order valence-electron chi connectivity index (χ2n) is 3.95. The molecule has 2 aromatic rings. The minimum atomic E-state index is -4.63. The summed E-state index contributed by atoms with van der Waals surface area (Å²) < 4.78 is 42.1. The van der Waals surface area contributed by atoms with Gasteiger partial charge in [-0.05, 0) is 12.1 Å². The Labute approximate surface area is 125 Å². The zero-order chi connectivity index (χ0) is 16.3. The summed E-state index contributed by atoms with van der Waals surface area (Å²) in [4.78, 5) is 23.0. The number of benzene rings is 1. The average molecular weight is 331 g/mol. The number of carbonyl (C=O) groups is 2. The van der Waals surface area contributed by atoms with Crippen molar-refractivity contribution in [3.8, 4) is 5.75 Å². The van der Waals surface area contributed by atoms with Crippen LogP contribution in [-0.2, 0) is 11.0 Å². The van der Waals surface area contributed by atoms with Gasteiger partial charge in [-0.15, -0.1) is 10.2 Å². The SMILES string of the molecule is CC(=O)Oc1ccccc1C(=O)Nc1nnc(C(F)(F)F)s1. The summed E-state index contributed by atoms with van der Waals surface area (Å²) in [5.41, 5.74) is -0.0125. The third kappa shape index (κ3) is 3.79. The van der Waals surface area contributed by atoms with Gasteiger partial charge in [-0.3, -0.25) is 14.9 Å². The fourth-order valence-corrected chi connectivity index (χ4v) is 2.06. The van der Waals surface area contributed by atoms with E-state index in [0.29, 0.717) is 0 Å². The summed E-state index contributed by atoms with van der Waals surface area (Å²) in [6.45, 7) is 1.16. The average Bonchev–Trinajstić information content (AvgIpc) is 2.87. The Morgan fingerprint density at radius 2 is 1.91 bits per heavy atom. The topological polar surface area (TPSA) is 81.2 Å². The fourth-order valence-electron chi connectivity index (χ4n) is 1.45. The van der Waals surface area contributed by atoms with Crippen LogP contribution in [0.25, 0.3) is 0 Å². The van der Waals surface area contributed by atoms with Crippen molar-refractivity contribution in [1.29, 1.82) is 0 Å². The smallest absolute Gasteiger partial charge is 0.426 e. The molecule has 0 fully saturated rings. The van der Waals surface area contributed by atoms with Gasteiger partial charge in [0.1, 0.15) is 5.75 Å². The number of anilines is 1. The molecule has 0 aliphatic carbocycles. The Bertz CT molecular complexity index is 715. The number of aromatic nitrogens is 2. The van der Waals surface area contributed by atoms with Crippen LogP contribution in [-0.4, -0.2) is 22.1 Å². The van der Waals surface area contributed by atoms with Crippen LogP contribution in [0.3, 0.4) is 0 Å². The lowest BCUT2D eigenvalue weighted by molar-refractivity contribution is -0.138. The maximum Gasteiger partial charge on any atom is 0.445 e. The molecule has 1 amide bonds. The van der Waals surface area contributed by atoms with Crippen LogP contribution in [0.1, 0.15) is 22.3 Å². The number of carbonyl (C=O) groups excluding carboxylic acids is 2. The third-order valence-electron chi connectivity index (χ3n) is 2.27. The lowest BCUT2D eigenvalue weighted by Gasteiger charge is -2.07. The summed E-state index contributed by atoms with van der Waals surface area (Å²) in [5.74, 6) is -1.40. The predicted octanol–water partition coefficient (Wildman–Crippen LogP) is 2.73. The van der Waals surface area contributed by atoms with Gasteiger partial charge in [0.2, 0.25) is 10.1 Å². The van der Waals surface area contributed by atoms with E-state index in [-0.39, 0.29) is 27.8 Å². The largest absolute Gasteiger partial charge is 0.445 e. The lowest BCUT2D eigenvalue weighted by atomic mass is 10.2. The van der Waals surface area contributed by atoms with E-state index in [1.807, 2.05) is 0 Å². The fraction of sp³-hybridized carbons (Fsp3) is 0.167. The molecule has 0 aliphatic rings. The molecule has 2 rings (SSSR count). The lowest BCUT2D eigenvalue weighted by Crippen LogP contribution is -2.14. The van der Waals surface area contributed by atoms with Crippen LogP contribution in [0.2, 0.25) is 0 Å². The molecular formula is C12H8F3N3O3S. The Morgan fingerprint density at radius 1 is 1.23 bits per heavy atom. The number of nitrogens with one attached hydrogen (secondary N) is 1. The molecule has 1 heterocycles. The second-order valence-corrected chi connectivity index (χ2v) is 4.93. The monoisotopic (exact) mass is 331 g/mol. The molecule has 0 atom stereocenters. The van der Waals surface area contributed by atoms with Crippen molar-refractivity contribution in [3.05, 3.63) is 34.8 Å². The van der Waals surface area contributed by atoms with E-state index in [0.717, 1.165) is 6.92 Å². The minimum Gasteiger partial charge on any atom is -0.426 e. The van der Waals surface area contributed by atoms with Crippen molar-refractivity contribution in [2.24, 2.45) is 0 Å². The number of alkyl halides is 3. The first-order valence-corrected chi connectivity index (χ1v) is 6.58. The summed E-state index contributed by atoms with van der Waals surface area (Å²) in [7, 11) is 0. The van der Waals surface area contributed by atoms with E-state index in [2.05, 4.69) is 15.5 Å². The second kappa shape index (κ2) is 6.10. The number of amides is 1. The van der Waals surface area contributed by atoms with Crippen molar-refractivity contribution < 1.29 is 27.5 Å². The van der Waals surface area contributed by atoms with Gasteiger partial charge in [-0.1, -0.05) is 23.5 Å². The number of ether oxygens (including phenoxy) is 1. The van der Waals surface area contributed by atoms with E-state index >= 15 is 0 Å². The maximum absolute atomic E-state index is 12.4. The van der Waals surface area contributed by atoms with E-state index in [9.17, 15) is 22.8 Å². The molecule has 0 unspecified atom stereocenters. The zero-order valence-corrected chi connectivity index (χ0v) is 11.8. The Kier molecular flexibility index (Phi) is 4.40. The molecule has 0 spiro atoms. The van der Waals surface area contributed by atoms with Gasteiger partial charge in [0.25, 0.3) is 5.91 Å². The van der Waals surface area contributed by atoms with Gasteiger partial charge in [-0.25, -0.2) is 0 Å². The standard InChI is InChI=1S/C12H8F3N3O3S/c1-6(19)21-8-5-3-2-4-7(8)9(20)16-11-18-17-10(22-11)12(13,14)15/h2-5H,1H3,(H,16,18,20). The van der Waals surface area contributed by atoms with Crippen molar-refractivity contribution >= 4 is 28.3 Å². The molecule has 116 valence electrons. The Hall–Kier alpha value is -2.49. The molecule has 0 bridgehead atoms. The molecule has 22 heavy (non-hydrogen) atoms. The van der Waals surface area contributed by atoms with Crippen molar-refractivity contribution in [3.63, 3.8) is 0 Å². The molecule has 1 N–H and O–H groups in total. The number of rotatable bonds is 3. The van der Waals surface area contributed by atoms with E-state index in [1.165, 1.54) is 18.2 Å². The van der Waals surface area contributed by atoms with Crippen molar-refractivity contribution in [2.45, 2.75) is 13.1 Å². The molecule has 1 aromatic carbocycles. The first-order valence-electron chi connectivity index (χ1n) is 5.77. The van der Waals surface area contributed by atoms with Crippen LogP contribution >= 0.6 is 11.3 Å². The highest BCUT2D eigenvalue weighted by molar-refractivity contribution is 7.15. The summed E-state index contributed by atoms with van der Waals surface area (Å²) in [5, 5.41) is 6.89. The summed E-state index contributed by atoms with van der Waals surface area (Å²) in [6.07, 6.45) is -4.63. The molecule has 6 nitrogen and oxygen atoms in total. The highest BCUT2D eigenvalue weighted by Crippen LogP contribution is 2.33. The molecule has 1 aromatic heterocycles. The number of halogens is 3. The maximum atomic E-state index is 12.4.